The standard InChI is InChI=1S/C25H19Cl2F3N2O4/c1-10-5-11(25(28,29)30)6-17-13(10)7-18(31(17)2)22(33)20-16(26)4-3-12(21(20)27)23(34)32-8-14-15(9-32)19(14)24(35)36/h3-7,14-15,19H,8-9H2,1-2H3,(H,35,36)/t14-,15?,19?/m1/s1. The lowest BCUT2D eigenvalue weighted by molar-refractivity contribution is -0.139. The van der Waals surface area contributed by atoms with Crippen LogP contribution in [-0.2, 0) is 18.0 Å². The van der Waals surface area contributed by atoms with Crippen molar-refractivity contribution in [3.63, 3.8) is 0 Å². The Morgan fingerprint density at radius 1 is 1.06 bits per heavy atom. The van der Waals surface area contributed by atoms with Crippen LogP contribution in [0.2, 0.25) is 10.0 Å². The molecule has 1 saturated carbocycles. The Bertz CT molecular complexity index is 1470. The van der Waals surface area contributed by atoms with E-state index in [-0.39, 0.29) is 57.3 Å². The van der Waals surface area contributed by atoms with Crippen LogP contribution >= 0.6 is 23.2 Å². The summed E-state index contributed by atoms with van der Waals surface area (Å²) in [5.74, 6) is -2.59. The molecule has 2 aliphatic rings. The number of carbonyl (C=O) groups excluding carboxylic acids is 2. The highest BCUT2D eigenvalue weighted by molar-refractivity contribution is 6.42. The van der Waals surface area contributed by atoms with Crippen molar-refractivity contribution in [2.75, 3.05) is 13.1 Å². The summed E-state index contributed by atoms with van der Waals surface area (Å²) in [6, 6.07) is 6.26. The van der Waals surface area contributed by atoms with Crippen molar-refractivity contribution in [2.45, 2.75) is 13.1 Å². The van der Waals surface area contributed by atoms with E-state index in [0.717, 1.165) is 12.1 Å². The summed E-state index contributed by atoms with van der Waals surface area (Å²) in [6.45, 7) is 2.10. The van der Waals surface area contributed by atoms with Crippen molar-refractivity contribution in [1.29, 1.82) is 0 Å². The van der Waals surface area contributed by atoms with E-state index in [9.17, 15) is 32.7 Å². The number of aryl methyl sites for hydroxylation is 2. The second-order valence-corrected chi connectivity index (χ2v) is 10.1. The van der Waals surface area contributed by atoms with E-state index in [0.29, 0.717) is 10.9 Å². The van der Waals surface area contributed by atoms with Crippen molar-refractivity contribution in [2.24, 2.45) is 24.8 Å². The zero-order valence-electron chi connectivity index (χ0n) is 19.0. The first kappa shape index (κ1) is 24.6. The highest BCUT2D eigenvalue weighted by Gasteiger charge is 2.60. The number of piperidine rings is 1. The molecule has 0 bridgehead atoms. The summed E-state index contributed by atoms with van der Waals surface area (Å²) >= 11 is 12.8. The molecule has 5 rings (SSSR count). The second kappa shape index (κ2) is 8.24. The molecular formula is C25H19Cl2F3N2O4. The molecule has 1 amide bonds. The first-order valence-corrected chi connectivity index (χ1v) is 11.8. The summed E-state index contributed by atoms with van der Waals surface area (Å²) in [4.78, 5) is 39.4. The van der Waals surface area contributed by atoms with Crippen LogP contribution in [-0.4, -0.2) is 45.3 Å². The molecule has 3 aromatic rings. The van der Waals surface area contributed by atoms with E-state index < -0.39 is 35.3 Å². The number of nitrogens with zero attached hydrogens (tertiary/aromatic N) is 2. The lowest BCUT2D eigenvalue weighted by Crippen LogP contribution is -2.33. The quantitative estimate of drug-likeness (QED) is 0.448. The molecule has 1 N–H and O–H groups in total. The zero-order chi connectivity index (χ0) is 26.3. The number of rotatable bonds is 4. The molecule has 1 saturated heterocycles. The van der Waals surface area contributed by atoms with Gasteiger partial charge in [-0.25, -0.2) is 0 Å². The molecule has 0 radical (unpaired) electrons. The first-order valence-electron chi connectivity index (χ1n) is 11.0. The molecule has 1 aliphatic heterocycles. The molecule has 1 aromatic heterocycles. The van der Waals surface area contributed by atoms with E-state index in [1.165, 1.54) is 41.6 Å². The number of halogens is 5. The summed E-state index contributed by atoms with van der Waals surface area (Å²) in [6.07, 6.45) is -4.55. The Morgan fingerprint density at radius 3 is 2.28 bits per heavy atom. The average Bonchev–Trinajstić information content (AvgIpc) is 3.12. The maximum absolute atomic E-state index is 13.5. The summed E-state index contributed by atoms with van der Waals surface area (Å²) in [7, 11) is 1.47. The molecule has 2 fully saturated rings. The van der Waals surface area contributed by atoms with Crippen LogP contribution in [0.25, 0.3) is 10.9 Å². The number of hydrogen-bond acceptors (Lipinski definition) is 3. The van der Waals surface area contributed by atoms with Gasteiger partial charge in [0.2, 0.25) is 5.78 Å². The van der Waals surface area contributed by atoms with Crippen molar-refractivity contribution < 1.29 is 32.7 Å². The number of carboxylic acid groups (broad SMARTS) is 1. The van der Waals surface area contributed by atoms with Gasteiger partial charge in [0.15, 0.2) is 0 Å². The fourth-order valence-electron chi connectivity index (χ4n) is 5.27. The number of benzene rings is 2. The van der Waals surface area contributed by atoms with Gasteiger partial charge in [0.1, 0.15) is 0 Å². The van der Waals surface area contributed by atoms with Gasteiger partial charge in [0, 0.05) is 31.0 Å². The van der Waals surface area contributed by atoms with Crippen LogP contribution in [0.1, 0.15) is 37.5 Å². The van der Waals surface area contributed by atoms with Gasteiger partial charge in [-0.05, 0) is 54.7 Å². The fourth-order valence-corrected chi connectivity index (χ4v) is 5.90. The van der Waals surface area contributed by atoms with Crippen LogP contribution in [0.4, 0.5) is 13.2 Å². The number of amides is 1. The minimum absolute atomic E-state index is 0.00489. The molecule has 2 unspecified atom stereocenters. The number of aromatic nitrogens is 1. The molecule has 36 heavy (non-hydrogen) atoms. The van der Waals surface area contributed by atoms with Crippen molar-refractivity contribution in [1.82, 2.24) is 9.47 Å². The highest BCUT2D eigenvalue weighted by atomic mass is 35.5. The van der Waals surface area contributed by atoms with Crippen molar-refractivity contribution in [3.8, 4) is 0 Å². The van der Waals surface area contributed by atoms with Gasteiger partial charge in [0.05, 0.1) is 38.3 Å². The number of fused-ring (bicyclic) bond motifs is 2. The van der Waals surface area contributed by atoms with E-state index in [2.05, 4.69) is 0 Å². The Balaban J connectivity index is 1.50. The smallest absolute Gasteiger partial charge is 0.416 e. The Labute approximate surface area is 213 Å². The molecule has 6 nitrogen and oxygen atoms in total. The average molecular weight is 539 g/mol. The third-order valence-corrected chi connectivity index (χ3v) is 7.95. The summed E-state index contributed by atoms with van der Waals surface area (Å²) in [5.41, 5.74) is -0.279. The van der Waals surface area contributed by atoms with Crippen LogP contribution in [0.15, 0.2) is 30.3 Å². The third-order valence-electron chi connectivity index (χ3n) is 7.24. The Hall–Kier alpha value is -3.04. The highest BCUT2D eigenvalue weighted by Crippen LogP contribution is 2.52. The number of aliphatic carboxylic acids is 1. The molecule has 3 atom stereocenters. The number of carbonyl (C=O) groups is 3. The number of ketones is 1. The van der Waals surface area contributed by atoms with E-state index in [1.807, 2.05) is 0 Å². The Morgan fingerprint density at radius 2 is 1.69 bits per heavy atom. The van der Waals surface area contributed by atoms with Crippen LogP contribution in [0, 0.1) is 24.7 Å². The third kappa shape index (κ3) is 3.76. The fraction of sp³-hybridized carbons (Fsp3) is 0.320. The van der Waals surface area contributed by atoms with Crippen LogP contribution in [0.5, 0.6) is 0 Å². The first-order chi connectivity index (χ1) is 16.8. The van der Waals surface area contributed by atoms with Crippen molar-refractivity contribution in [3.05, 3.63) is 68.3 Å². The summed E-state index contributed by atoms with van der Waals surface area (Å²) < 4.78 is 41.3. The molecule has 188 valence electrons. The molecule has 1 aliphatic carbocycles. The monoisotopic (exact) mass is 538 g/mol. The van der Waals surface area contributed by atoms with Crippen molar-refractivity contribution >= 4 is 51.8 Å². The number of carboxylic acids is 1. The van der Waals surface area contributed by atoms with Gasteiger partial charge >= 0.3 is 12.1 Å². The normalized spacial score (nSPS) is 21.1. The van der Waals surface area contributed by atoms with E-state index in [1.54, 1.807) is 0 Å². The molecule has 11 heteroatoms. The SMILES string of the molecule is Cc1cc(C(F)(F)F)cc2c1cc(C(=O)c1c(Cl)ccc(C(=O)N3CC4C(C(=O)O)[C@@H]4C3)c1Cl)n2C. The minimum atomic E-state index is -4.55. The predicted octanol–water partition coefficient (Wildman–Crippen LogP) is 5.45. The number of hydrogen-bond donors (Lipinski definition) is 1. The maximum Gasteiger partial charge on any atom is 0.416 e. The van der Waals surface area contributed by atoms with E-state index >= 15 is 0 Å². The minimum Gasteiger partial charge on any atom is -0.481 e. The largest absolute Gasteiger partial charge is 0.481 e. The lowest BCUT2D eigenvalue weighted by atomic mass is 10.0. The topological polar surface area (TPSA) is 79.6 Å². The maximum atomic E-state index is 13.5. The lowest BCUT2D eigenvalue weighted by Gasteiger charge is -2.20. The molecule has 0 spiro atoms. The summed E-state index contributed by atoms with van der Waals surface area (Å²) in [5, 5.41) is 9.50. The zero-order valence-corrected chi connectivity index (χ0v) is 20.5. The predicted molar refractivity (Wildman–Crippen MR) is 127 cm³/mol. The van der Waals surface area contributed by atoms with Gasteiger partial charge in [-0.3, -0.25) is 14.4 Å². The van der Waals surface area contributed by atoms with E-state index in [4.69, 9.17) is 23.2 Å². The number of likely N-dealkylation sites (tertiary alicyclic amines) is 1. The van der Waals surface area contributed by atoms with Gasteiger partial charge in [-0.15, -0.1) is 0 Å². The molecule has 2 heterocycles. The molecular weight excluding hydrogens is 520 g/mol. The van der Waals surface area contributed by atoms with Gasteiger partial charge in [0.25, 0.3) is 5.91 Å². The Kier molecular flexibility index (Phi) is 5.64. The van der Waals surface area contributed by atoms with Crippen LogP contribution < -0.4 is 0 Å². The van der Waals surface area contributed by atoms with Gasteiger partial charge in [-0.1, -0.05) is 23.2 Å². The van der Waals surface area contributed by atoms with Crippen LogP contribution in [0.3, 0.4) is 0 Å². The van der Waals surface area contributed by atoms with Gasteiger partial charge < -0.3 is 14.6 Å². The second-order valence-electron chi connectivity index (χ2n) is 9.33. The molecule has 2 aromatic carbocycles. The number of alkyl halides is 3. The van der Waals surface area contributed by atoms with Gasteiger partial charge in [-0.2, -0.15) is 13.2 Å².